The zero-order valence-electron chi connectivity index (χ0n) is 11.2. The third kappa shape index (κ3) is 3.88. The van der Waals surface area contributed by atoms with Gasteiger partial charge in [-0.05, 0) is 54.9 Å². The predicted molar refractivity (Wildman–Crippen MR) is 78.3 cm³/mol. The van der Waals surface area contributed by atoms with E-state index in [1.54, 1.807) is 12.3 Å². The van der Waals surface area contributed by atoms with E-state index >= 15 is 0 Å². The summed E-state index contributed by atoms with van der Waals surface area (Å²) in [6.45, 7) is 6.98. The molecule has 0 saturated carbocycles. The molecule has 19 heavy (non-hydrogen) atoms. The van der Waals surface area contributed by atoms with Crippen LogP contribution in [0.5, 0.6) is 0 Å². The average Bonchev–Trinajstić information content (AvgIpc) is 2.74. The van der Waals surface area contributed by atoms with Crippen LogP contribution >= 0.6 is 15.9 Å². The zero-order valence-corrected chi connectivity index (χ0v) is 12.8. The number of halogens is 2. The Kier molecular flexibility index (Phi) is 4.06. The smallest absolute Gasteiger partial charge is 0.124 e. The molecule has 0 bridgehead atoms. The largest absolute Gasteiger partial charge is 0.341 e. The van der Waals surface area contributed by atoms with E-state index in [0.717, 1.165) is 17.1 Å². The van der Waals surface area contributed by atoms with Crippen LogP contribution in [0.3, 0.4) is 0 Å². The van der Waals surface area contributed by atoms with Crippen molar-refractivity contribution in [3.63, 3.8) is 0 Å². The van der Waals surface area contributed by atoms with Gasteiger partial charge in [0.1, 0.15) is 11.6 Å². The molecule has 0 fully saturated rings. The maximum atomic E-state index is 13.1. The molecule has 0 aliphatic rings. The molecule has 1 aromatic heterocycles. The minimum atomic E-state index is -0.259. The van der Waals surface area contributed by atoms with Crippen molar-refractivity contribution in [2.45, 2.75) is 32.9 Å². The molecule has 1 aromatic carbocycles. The molecule has 0 saturated heterocycles. The molecule has 3 nitrogen and oxygen atoms in total. The number of H-pyrrole nitrogens is 1. The van der Waals surface area contributed by atoms with Crippen LogP contribution in [0.25, 0.3) is 11.3 Å². The Balaban J connectivity index is 2.16. The van der Waals surface area contributed by atoms with Crippen molar-refractivity contribution >= 4 is 15.9 Å². The number of nitrogens with one attached hydrogen (secondary N) is 2. The zero-order chi connectivity index (χ0) is 14.0. The van der Waals surface area contributed by atoms with Crippen LogP contribution in [0, 0.1) is 5.82 Å². The number of nitrogens with zero attached hydrogens (tertiary/aromatic N) is 1. The maximum absolute atomic E-state index is 13.1. The Morgan fingerprint density at radius 2 is 2.11 bits per heavy atom. The van der Waals surface area contributed by atoms with Crippen molar-refractivity contribution in [3.8, 4) is 11.3 Å². The molecule has 0 amide bonds. The lowest BCUT2D eigenvalue weighted by atomic mass is 10.1. The van der Waals surface area contributed by atoms with E-state index in [-0.39, 0.29) is 11.4 Å². The quantitative estimate of drug-likeness (QED) is 0.899. The number of imidazole rings is 1. The highest BCUT2D eigenvalue weighted by atomic mass is 79.9. The van der Waals surface area contributed by atoms with E-state index in [1.807, 2.05) is 0 Å². The van der Waals surface area contributed by atoms with Crippen LogP contribution in [0.2, 0.25) is 0 Å². The van der Waals surface area contributed by atoms with Crippen molar-refractivity contribution in [2.75, 3.05) is 0 Å². The van der Waals surface area contributed by atoms with Crippen molar-refractivity contribution in [1.29, 1.82) is 0 Å². The fourth-order valence-corrected chi connectivity index (χ4v) is 2.21. The third-order valence-electron chi connectivity index (χ3n) is 2.64. The molecule has 0 radical (unpaired) electrons. The molecule has 2 N–H and O–H groups in total. The molecule has 0 aliphatic heterocycles. The molecule has 2 aromatic rings. The minimum absolute atomic E-state index is 0.0451. The first-order chi connectivity index (χ1) is 8.85. The maximum Gasteiger partial charge on any atom is 0.124 e. The Morgan fingerprint density at radius 3 is 2.74 bits per heavy atom. The Bertz CT molecular complexity index is 572. The van der Waals surface area contributed by atoms with Gasteiger partial charge in [0.15, 0.2) is 0 Å². The van der Waals surface area contributed by atoms with Crippen molar-refractivity contribution in [2.24, 2.45) is 0 Å². The highest BCUT2D eigenvalue weighted by molar-refractivity contribution is 9.10. The number of rotatable bonds is 3. The number of hydrogen-bond donors (Lipinski definition) is 2. The fourth-order valence-electron chi connectivity index (χ4n) is 1.65. The van der Waals surface area contributed by atoms with E-state index in [2.05, 4.69) is 52.0 Å². The van der Waals surface area contributed by atoms with Crippen LogP contribution in [0.15, 0.2) is 28.9 Å². The van der Waals surface area contributed by atoms with Crippen LogP contribution in [0.1, 0.15) is 26.6 Å². The molecule has 0 spiro atoms. The van der Waals surface area contributed by atoms with E-state index in [4.69, 9.17) is 0 Å². The monoisotopic (exact) mass is 325 g/mol. The van der Waals surface area contributed by atoms with Gasteiger partial charge < -0.3 is 10.3 Å². The Hall–Kier alpha value is -1.20. The van der Waals surface area contributed by atoms with Crippen molar-refractivity contribution < 1.29 is 4.39 Å². The second-order valence-corrected chi connectivity index (χ2v) is 6.33. The molecule has 2 rings (SSSR count). The van der Waals surface area contributed by atoms with Gasteiger partial charge in [-0.3, -0.25) is 0 Å². The highest BCUT2D eigenvalue weighted by Crippen LogP contribution is 2.27. The van der Waals surface area contributed by atoms with E-state index < -0.39 is 0 Å². The first-order valence-electron chi connectivity index (χ1n) is 6.09. The summed E-state index contributed by atoms with van der Waals surface area (Å²) in [6.07, 6.45) is 1.76. The second-order valence-electron chi connectivity index (χ2n) is 5.47. The normalized spacial score (nSPS) is 11.8. The fraction of sp³-hybridized carbons (Fsp3) is 0.357. The SMILES string of the molecule is CC(C)(C)NCc1ncc(-c2ccc(F)cc2Br)[nH]1. The summed E-state index contributed by atoms with van der Waals surface area (Å²) in [4.78, 5) is 7.56. The number of hydrogen-bond acceptors (Lipinski definition) is 2. The molecular weight excluding hydrogens is 309 g/mol. The molecule has 102 valence electrons. The van der Waals surface area contributed by atoms with Crippen LogP contribution in [-0.2, 0) is 6.54 Å². The lowest BCUT2D eigenvalue weighted by Gasteiger charge is -2.19. The van der Waals surface area contributed by atoms with Crippen LogP contribution < -0.4 is 5.32 Å². The summed E-state index contributed by atoms with van der Waals surface area (Å²) < 4.78 is 13.8. The predicted octanol–water partition coefficient (Wildman–Crippen LogP) is 3.87. The van der Waals surface area contributed by atoms with Crippen LogP contribution in [0.4, 0.5) is 4.39 Å². The first kappa shape index (κ1) is 14.2. The van der Waals surface area contributed by atoms with Gasteiger partial charge in [0.25, 0.3) is 0 Å². The molecular formula is C14H17BrFN3. The molecule has 0 aliphatic carbocycles. The summed E-state index contributed by atoms with van der Waals surface area (Å²) in [5, 5.41) is 3.36. The Morgan fingerprint density at radius 1 is 1.37 bits per heavy atom. The molecule has 0 unspecified atom stereocenters. The molecule has 1 heterocycles. The summed E-state index contributed by atoms with van der Waals surface area (Å²) in [5.74, 6) is 0.603. The van der Waals surface area contributed by atoms with Gasteiger partial charge in [0.2, 0.25) is 0 Å². The third-order valence-corrected chi connectivity index (χ3v) is 3.29. The van der Waals surface area contributed by atoms with E-state index in [9.17, 15) is 4.39 Å². The van der Waals surface area contributed by atoms with Gasteiger partial charge in [-0.25, -0.2) is 9.37 Å². The Labute approximate surface area is 120 Å². The first-order valence-corrected chi connectivity index (χ1v) is 6.89. The second kappa shape index (κ2) is 5.43. The highest BCUT2D eigenvalue weighted by Gasteiger charge is 2.11. The molecule has 0 atom stereocenters. The van der Waals surface area contributed by atoms with Gasteiger partial charge in [-0.1, -0.05) is 0 Å². The molecule has 5 heteroatoms. The standard InChI is InChI=1S/C14H17BrFN3/c1-14(2,3)18-8-13-17-7-12(19-13)10-5-4-9(16)6-11(10)15/h4-7,18H,8H2,1-3H3,(H,17,19). The van der Waals surface area contributed by atoms with Crippen molar-refractivity contribution in [3.05, 3.63) is 40.5 Å². The lowest BCUT2D eigenvalue weighted by Crippen LogP contribution is -2.35. The van der Waals surface area contributed by atoms with Crippen LogP contribution in [-0.4, -0.2) is 15.5 Å². The summed E-state index contributed by atoms with van der Waals surface area (Å²) in [5.41, 5.74) is 1.82. The van der Waals surface area contributed by atoms with Gasteiger partial charge in [0.05, 0.1) is 18.4 Å². The average molecular weight is 326 g/mol. The van der Waals surface area contributed by atoms with Crippen molar-refractivity contribution in [1.82, 2.24) is 15.3 Å². The summed E-state index contributed by atoms with van der Waals surface area (Å²) in [7, 11) is 0. The van der Waals surface area contributed by atoms with Gasteiger partial charge >= 0.3 is 0 Å². The number of aromatic nitrogens is 2. The lowest BCUT2D eigenvalue weighted by molar-refractivity contribution is 0.418. The number of aromatic amines is 1. The summed E-state index contributed by atoms with van der Waals surface area (Å²) >= 11 is 3.36. The van der Waals surface area contributed by atoms with Gasteiger partial charge in [-0.15, -0.1) is 0 Å². The number of benzene rings is 1. The summed E-state index contributed by atoms with van der Waals surface area (Å²) in [6, 6.07) is 4.62. The topological polar surface area (TPSA) is 40.7 Å². The van der Waals surface area contributed by atoms with E-state index in [0.29, 0.717) is 11.0 Å². The van der Waals surface area contributed by atoms with Gasteiger partial charge in [-0.2, -0.15) is 0 Å². The van der Waals surface area contributed by atoms with E-state index in [1.165, 1.54) is 12.1 Å². The van der Waals surface area contributed by atoms with Gasteiger partial charge in [0, 0.05) is 15.6 Å². The minimum Gasteiger partial charge on any atom is -0.341 e.